The summed E-state index contributed by atoms with van der Waals surface area (Å²) in [4.78, 5) is 0. The summed E-state index contributed by atoms with van der Waals surface area (Å²) in [6.45, 7) is 2.14. The lowest BCUT2D eigenvalue weighted by Crippen LogP contribution is -2.17. The Morgan fingerprint density at radius 3 is 2.00 bits per heavy atom. The first-order valence-corrected chi connectivity index (χ1v) is 3.77. The Morgan fingerprint density at radius 2 is 1.89 bits per heavy atom. The molecule has 2 unspecified atom stereocenters. The summed E-state index contributed by atoms with van der Waals surface area (Å²) in [6.07, 6.45) is 0.768. The molecule has 0 bridgehead atoms. The Kier molecular flexibility index (Phi) is 4.12. The second-order valence-electron chi connectivity index (χ2n) is 3.08. The van der Waals surface area contributed by atoms with Gasteiger partial charge in [-0.1, -0.05) is 19.1 Å². The highest BCUT2D eigenvalue weighted by molar-refractivity contribution is 6.21. The summed E-state index contributed by atoms with van der Waals surface area (Å²) in [5, 5.41) is 9.30. The lowest BCUT2D eigenvalue weighted by atomic mass is 9.63. The average Bonchev–Trinajstić information content (AvgIpc) is 1.84. The molecule has 0 fully saturated rings. The van der Waals surface area contributed by atoms with Gasteiger partial charge < -0.3 is 5.11 Å². The second kappa shape index (κ2) is 4.05. The van der Waals surface area contributed by atoms with E-state index in [4.69, 9.17) is 0 Å². The maximum absolute atomic E-state index is 9.30. The predicted octanol–water partition coefficient (Wildman–Crippen LogP) is -1.74. The fourth-order valence-electron chi connectivity index (χ4n) is 0.816. The van der Waals surface area contributed by atoms with Crippen molar-refractivity contribution in [2.75, 3.05) is 0 Å². The Hall–Kier alpha value is 0.155. The first-order chi connectivity index (χ1) is 4.09. The minimum Gasteiger partial charge on any atom is -0.394 e. The van der Waals surface area contributed by atoms with Crippen LogP contribution >= 0.6 is 0 Å². The topological polar surface area (TPSA) is 20.2 Å². The van der Waals surface area contributed by atoms with Crippen LogP contribution in [-0.2, 0) is 0 Å². The molecule has 0 aromatic rings. The molecule has 0 aromatic carbocycles. The molecular formula is C5H15B3O. The molecule has 0 amide bonds. The Bertz CT molecular complexity index is 76.6. The zero-order valence-electron chi connectivity index (χ0n) is 6.89. The number of rotatable bonds is 3. The molecule has 0 aromatic heterocycles. The third kappa shape index (κ3) is 3.00. The molecule has 1 nitrogen and oxygen atoms in total. The van der Waals surface area contributed by atoms with E-state index in [2.05, 4.69) is 22.6 Å². The van der Waals surface area contributed by atoms with E-state index in [0.717, 1.165) is 6.32 Å². The summed E-state index contributed by atoms with van der Waals surface area (Å²) in [7, 11) is 6.26. The SMILES string of the molecule is BCC(O)[C@@H](B)C(B)C. The first kappa shape index (κ1) is 9.15. The molecule has 0 radical (unpaired) electrons. The van der Waals surface area contributed by atoms with Crippen molar-refractivity contribution >= 4 is 23.5 Å². The van der Waals surface area contributed by atoms with Crippen molar-refractivity contribution < 1.29 is 5.11 Å². The van der Waals surface area contributed by atoms with E-state index in [9.17, 15) is 5.11 Å². The monoisotopic (exact) mass is 124 g/mol. The zero-order chi connectivity index (χ0) is 7.44. The summed E-state index contributed by atoms with van der Waals surface area (Å²) < 4.78 is 0. The van der Waals surface area contributed by atoms with Crippen molar-refractivity contribution in [2.45, 2.75) is 31.0 Å². The molecule has 0 aliphatic heterocycles. The van der Waals surface area contributed by atoms with Crippen LogP contribution < -0.4 is 0 Å². The molecule has 0 spiro atoms. The van der Waals surface area contributed by atoms with Crippen molar-refractivity contribution in [3.05, 3.63) is 0 Å². The smallest absolute Gasteiger partial charge is 0.108 e. The average molecular weight is 124 g/mol. The summed E-state index contributed by atoms with van der Waals surface area (Å²) >= 11 is 0. The van der Waals surface area contributed by atoms with Crippen molar-refractivity contribution in [3.8, 4) is 0 Å². The van der Waals surface area contributed by atoms with Crippen molar-refractivity contribution in [3.63, 3.8) is 0 Å². The summed E-state index contributed by atoms with van der Waals surface area (Å²) in [5.74, 6) is 1.04. The first-order valence-electron chi connectivity index (χ1n) is 3.77. The quantitative estimate of drug-likeness (QED) is 0.442. The van der Waals surface area contributed by atoms with E-state index in [-0.39, 0.29) is 6.10 Å². The van der Waals surface area contributed by atoms with E-state index < -0.39 is 0 Å². The maximum atomic E-state index is 9.30. The predicted molar refractivity (Wildman–Crippen MR) is 49.6 cm³/mol. The van der Waals surface area contributed by atoms with Gasteiger partial charge in [-0.2, -0.15) is 0 Å². The van der Waals surface area contributed by atoms with Gasteiger partial charge in [-0.25, -0.2) is 0 Å². The van der Waals surface area contributed by atoms with Crippen LogP contribution in [0.15, 0.2) is 0 Å². The van der Waals surface area contributed by atoms with Crippen LogP contribution in [0, 0.1) is 0 Å². The minimum absolute atomic E-state index is 0.106. The van der Waals surface area contributed by atoms with E-state index in [0.29, 0.717) is 11.6 Å². The highest BCUT2D eigenvalue weighted by atomic mass is 16.3. The van der Waals surface area contributed by atoms with E-state index in [1.54, 1.807) is 0 Å². The molecule has 0 heterocycles. The number of hydrogen-bond donors (Lipinski definition) is 1. The van der Waals surface area contributed by atoms with Crippen molar-refractivity contribution in [2.24, 2.45) is 0 Å². The van der Waals surface area contributed by atoms with Gasteiger partial charge in [0.15, 0.2) is 0 Å². The van der Waals surface area contributed by atoms with Gasteiger partial charge in [-0.15, -0.1) is 0 Å². The highest BCUT2D eigenvalue weighted by Crippen LogP contribution is 2.21. The fraction of sp³-hybridized carbons (Fsp3) is 1.00. The number of hydrogen-bond acceptors (Lipinski definition) is 1. The molecule has 1 N–H and O–H groups in total. The molecule has 3 atom stereocenters. The number of aliphatic hydroxyl groups is 1. The van der Waals surface area contributed by atoms with Gasteiger partial charge in [0, 0.05) is 6.10 Å². The lowest BCUT2D eigenvalue weighted by molar-refractivity contribution is 0.185. The van der Waals surface area contributed by atoms with Crippen LogP contribution in [0.5, 0.6) is 0 Å². The van der Waals surface area contributed by atoms with E-state index in [1.807, 2.05) is 7.85 Å². The zero-order valence-corrected chi connectivity index (χ0v) is 6.89. The van der Waals surface area contributed by atoms with Crippen LogP contribution in [-0.4, -0.2) is 34.7 Å². The Labute approximate surface area is 60.4 Å². The molecule has 0 aliphatic rings. The van der Waals surface area contributed by atoms with Crippen LogP contribution in [0.3, 0.4) is 0 Å². The second-order valence-corrected chi connectivity index (χ2v) is 3.08. The van der Waals surface area contributed by atoms with Gasteiger partial charge in [0.25, 0.3) is 0 Å². The largest absolute Gasteiger partial charge is 0.394 e. The molecule has 0 saturated heterocycles. The lowest BCUT2D eigenvalue weighted by Gasteiger charge is -2.20. The molecule has 0 rings (SSSR count). The van der Waals surface area contributed by atoms with Gasteiger partial charge in [0.05, 0.1) is 0 Å². The Morgan fingerprint density at radius 1 is 1.44 bits per heavy atom. The number of aliphatic hydroxyl groups excluding tert-OH is 1. The molecule has 50 valence electrons. The molecular weight excluding hydrogens is 108 g/mol. The fourth-order valence-corrected chi connectivity index (χ4v) is 0.816. The van der Waals surface area contributed by atoms with Crippen molar-refractivity contribution in [1.82, 2.24) is 0 Å². The summed E-state index contributed by atoms with van der Waals surface area (Å²) in [5.41, 5.74) is 0. The van der Waals surface area contributed by atoms with Gasteiger partial charge in [-0.05, 0) is 5.82 Å². The minimum atomic E-state index is -0.106. The van der Waals surface area contributed by atoms with Crippen molar-refractivity contribution in [1.29, 1.82) is 0 Å². The molecule has 0 saturated carbocycles. The molecule has 4 heteroatoms. The van der Waals surface area contributed by atoms with Crippen LogP contribution in [0.4, 0.5) is 0 Å². The third-order valence-electron chi connectivity index (χ3n) is 2.08. The maximum Gasteiger partial charge on any atom is 0.108 e. The summed E-state index contributed by atoms with van der Waals surface area (Å²) in [6, 6.07) is 0. The van der Waals surface area contributed by atoms with Gasteiger partial charge >= 0.3 is 0 Å². The normalized spacial score (nSPS) is 20.7. The third-order valence-corrected chi connectivity index (χ3v) is 2.08. The molecule has 0 aliphatic carbocycles. The van der Waals surface area contributed by atoms with Gasteiger partial charge in [-0.3, -0.25) is 0 Å². The van der Waals surface area contributed by atoms with E-state index in [1.165, 1.54) is 0 Å². The van der Waals surface area contributed by atoms with Crippen LogP contribution in [0.1, 0.15) is 6.92 Å². The van der Waals surface area contributed by atoms with Crippen LogP contribution in [0.2, 0.25) is 18.0 Å². The van der Waals surface area contributed by atoms with E-state index >= 15 is 0 Å². The van der Waals surface area contributed by atoms with Gasteiger partial charge in [0.1, 0.15) is 23.5 Å². The van der Waals surface area contributed by atoms with Crippen LogP contribution in [0.25, 0.3) is 0 Å². The molecule has 9 heavy (non-hydrogen) atoms. The standard InChI is InChI=1S/C5H15B3O/c1-3(7)5(8)4(9)2-6/h3-5,9H,2,6-8H2,1H3/t3?,4?,5-/m0/s1. The Balaban J connectivity index is 3.58. The van der Waals surface area contributed by atoms with Gasteiger partial charge in [0.2, 0.25) is 0 Å². The highest BCUT2D eigenvalue weighted by Gasteiger charge is 2.14.